The van der Waals surface area contributed by atoms with Gasteiger partial charge in [-0.3, -0.25) is 9.59 Å². The maximum absolute atomic E-state index is 12.5. The van der Waals surface area contributed by atoms with Gasteiger partial charge in [-0.05, 0) is 59.7 Å². The predicted octanol–water partition coefficient (Wildman–Crippen LogP) is 6.44. The number of aromatic nitrogens is 2. The van der Waals surface area contributed by atoms with E-state index in [1.807, 2.05) is 0 Å². The third-order valence-corrected chi connectivity index (χ3v) is 6.21. The molecule has 4 aromatic rings. The number of carbonyl (C=O) groups is 1. The SMILES string of the molecule is [C-]#[N+]c1c(-c2cccc(OC)c2)nc(SCc2ccc(NC(=O)c3ccc(OC(F)(F)F)cc3)cc2)[nH]c1=O. The molecule has 1 aromatic heterocycles. The van der Waals surface area contributed by atoms with E-state index in [1.165, 1.54) is 31.0 Å². The van der Waals surface area contributed by atoms with Gasteiger partial charge in [0, 0.05) is 17.0 Å². The van der Waals surface area contributed by atoms with Crippen molar-refractivity contribution in [2.45, 2.75) is 17.3 Å². The molecule has 3 aromatic carbocycles. The van der Waals surface area contributed by atoms with Crippen LogP contribution in [0.15, 0.2) is 82.7 Å². The number of amides is 1. The Morgan fingerprint density at radius 1 is 1.08 bits per heavy atom. The van der Waals surface area contributed by atoms with Crippen molar-refractivity contribution in [1.29, 1.82) is 0 Å². The van der Waals surface area contributed by atoms with Gasteiger partial charge in [0.15, 0.2) is 5.16 Å². The van der Waals surface area contributed by atoms with E-state index in [1.54, 1.807) is 48.5 Å². The second-order valence-corrected chi connectivity index (χ2v) is 8.89. The molecule has 0 aliphatic carbocycles. The molecule has 198 valence electrons. The quantitative estimate of drug-likeness (QED) is 0.148. The molecule has 12 heteroatoms. The first-order valence-corrected chi connectivity index (χ1v) is 12.2. The van der Waals surface area contributed by atoms with Crippen LogP contribution in [-0.4, -0.2) is 29.3 Å². The number of anilines is 1. The molecule has 0 unspecified atom stereocenters. The van der Waals surface area contributed by atoms with Crippen LogP contribution in [-0.2, 0) is 5.75 Å². The molecule has 0 aliphatic rings. The Kier molecular flexibility index (Phi) is 8.21. The van der Waals surface area contributed by atoms with Crippen molar-refractivity contribution in [3.05, 3.63) is 106 Å². The van der Waals surface area contributed by atoms with E-state index in [4.69, 9.17) is 11.3 Å². The van der Waals surface area contributed by atoms with Gasteiger partial charge in [-0.25, -0.2) is 9.83 Å². The summed E-state index contributed by atoms with van der Waals surface area (Å²) in [6.07, 6.45) is -4.81. The Balaban J connectivity index is 1.41. The van der Waals surface area contributed by atoms with Gasteiger partial charge in [0.1, 0.15) is 11.5 Å². The standard InChI is InChI=1S/C27H19F3N4O4S/c1-31-23-22(18-4-3-5-21(14-18)37-2)33-26(34-25(23)36)39-15-16-6-10-19(11-7-16)32-24(35)17-8-12-20(13-9-17)38-27(28,29)30/h3-14H,15H2,2H3,(H,32,35)(H,33,34,36). The Bertz CT molecular complexity index is 1580. The molecule has 0 saturated heterocycles. The maximum Gasteiger partial charge on any atom is 0.573 e. The lowest BCUT2D eigenvalue weighted by atomic mass is 10.1. The second-order valence-electron chi connectivity index (χ2n) is 7.92. The molecular weight excluding hydrogens is 533 g/mol. The fraction of sp³-hybridized carbons (Fsp3) is 0.111. The zero-order valence-corrected chi connectivity index (χ0v) is 21.0. The number of carbonyl (C=O) groups excluding carboxylic acids is 1. The Labute approximate surface area is 224 Å². The highest BCUT2D eigenvalue weighted by Gasteiger charge is 2.31. The number of nitrogens with zero attached hydrogens (tertiary/aromatic N) is 2. The van der Waals surface area contributed by atoms with E-state index in [0.29, 0.717) is 27.9 Å². The summed E-state index contributed by atoms with van der Waals surface area (Å²) >= 11 is 1.27. The number of benzene rings is 3. The van der Waals surface area contributed by atoms with Crippen molar-refractivity contribution in [2.75, 3.05) is 12.4 Å². The number of halogens is 3. The molecule has 0 saturated carbocycles. The third-order valence-electron chi connectivity index (χ3n) is 5.27. The number of ether oxygens (including phenoxy) is 2. The van der Waals surface area contributed by atoms with Crippen molar-refractivity contribution in [3.63, 3.8) is 0 Å². The highest BCUT2D eigenvalue weighted by Crippen LogP contribution is 2.30. The lowest BCUT2D eigenvalue weighted by molar-refractivity contribution is -0.274. The first-order valence-electron chi connectivity index (χ1n) is 11.2. The van der Waals surface area contributed by atoms with Gasteiger partial charge >= 0.3 is 6.36 Å². The number of hydrogen-bond donors (Lipinski definition) is 2. The van der Waals surface area contributed by atoms with E-state index >= 15 is 0 Å². The molecule has 4 rings (SSSR count). The highest BCUT2D eigenvalue weighted by atomic mass is 32.2. The van der Waals surface area contributed by atoms with Gasteiger partial charge < -0.3 is 19.8 Å². The summed E-state index contributed by atoms with van der Waals surface area (Å²) in [6.45, 7) is 7.39. The molecule has 0 fully saturated rings. The number of rotatable bonds is 8. The van der Waals surface area contributed by atoms with E-state index < -0.39 is 23.6 Å². The van der Waals surface area contributed by atoms with Crippen molar-refractivity contribution >= 4 is 29.0 Å². The van der Waals surface area contributed by atoms with Gasteiger partial charge in [0.2, 0.25) is 0 Å². The van der Waals surface area contributed by atoms with Crippen LogP contribution in [0.25, 0.3) is 16.1 Å². The maximum atomic E-state index is 12.5. The summed E-state index contributed by atoms with van der Waals surface area (Å²) in [5.41, 5.74) is 1.69. The zero-order valence-electron chi connectivity index (χ0n) is 20.2. The second kappa shape index (κ2) is 11.7. The topological polar surface area (TPSA) is 97.7 Å². The van der Waals surface area contributed by atoms with Gasteiger partial charge in [0.05, 0.1) is 19.4 Å². The monoisotopic (exact) mass is 552 g/mol. The molecule has 1 amide bonds. The lowest BCUT2D eigenvalue weighted by Gasteiger charge is -2.10. The molecule has 1 heterocycles. The first kappa shape index (κ1) is 27.3. The fourth-order valence-electron chi connectivity index (χ4n) is 3.44. The zero-order chi connectivity index (χ0) is 28.0. The van der Waals surface area contributed by atoms with Crippen LogP contribution in [0.3, 0.4) is 0 Å². The molecule has 8 nitrogen and oxygen atoms in total. The number of H-pyrrole nitrogens is 1. The summed E-state index contributed by atoms with van der Waals surface area (Å²) < 4.78 is 45.9. The Morgan fingerprint density at radius 2 is 1.79 bits per heavy atom. The first-order chi connectivity index (χ1) is 18.6. The Hall–Kier alpha value is -4.76. The minimum atomic E-state index is -4.81. The molecule has 0 atom stereocenters. The van der Waals surface area contributed by atoms with Crippen molar-refractivity contribution in [1.82, 2.24) is 9.97 Å². The summed E-state index contributed by atoms with van der Waals surface area (Å²) in [6, 6.07) is 18.4. The molecule has 2 N–H and O–H groups in total. The molecule has 0 aliphatic heterocycles. The molecular formula is C27H19F3N4O4S. The van der Waals surface area contributed by atoms with E-state index in [2.05, 4.69) is 24.9 Å². The Morgan fingerprint density at radius 3 is 2.44 bits per heavy atom. The minimum Gasteiger partial charge on any atom is -0.497 e. The predicted molar refractivity (Wildman–Crippen MR) is 140 cm³/mol. The van der Waals surface area contributed by atoms with Gasteiger partial charge in [0.25, 0.3) is 17.2 Å². The van der Waals surface area contributed by atoms with Gasteiger partial charge in [-0.2, -0.15) is 0 Å². The average Bonchev–Trinajstić information content (AvgIpc) is 2.92. The summed E-state index contributed by atoms with van der Waals surface area (Å²) in [5.74, 6) is 0.0881. The van der Waals surface area contributed by atoms with Crippen LogP contribution in [0.2, 0.25) is 0 Å². The van der Waals surface area contributed by atoms with E-state index in [9.17, 15) is 22.8 Å². The summed E-state index contributed by atoms with van der Waals surface area (Å²) in [5, 5.41) is 3.01. The lowest BCUT2D eigenvalue weighted by Crippen LogP contribution is -2.17. The minimum absolute atomic E-state index is 0.116. The van der Waals surface area contributed by atoms with E-state index in [0.717, 1.165) is 17.7 Å². The normalized spacial score (nSPS) is 10.9. The summed E-state index contributed by atoms with van der Waals surface area (Å²) in [7, 11) is 1.52. The fourth-order valence-corrected chi connectivity index (χ4v) is 4.25. The number of aromatic amines is 1. The van der Waals surface area contributed by atoms with Crippen LogP contribution in [0.4, 0.5) is 24.5 Å². The van der Waals surface area contributed by atoms with E-state index in [-0.39, 0.29) is 16.9 Å². The van der Waals surface area contributed by atoms with Crippen LogP contribution in [0.1, 0.15) is 15.9 Å². The van der Waals surface area contributed by atoms with Gasteiger partial charge in [-0.1, -0.05) is 36.0 Å². The van der Waals surface area contributed by atoms with Gasteiger partial charge in [-0.15, -0.1) is 13.2 Å². The third kappa shape index (κ3) is 7.18. The number of alkyl halides is 3. The van der Waals surface area contributed by atoms with Crippen LogP contribution in [0, 0.1) is 6.57 Å². The average molecular weight is 553 g/mol. The van der Waals surface area contributed by atoms with Crippen LogP contribution < -0.4 is 20.3 Å². The van der Waals surface area contributed by atoms with Crippen LogP contribution >= 0.6 is 11.8 Å². The molecule has 0 spiro atoms. The number of methoxy groups -OCH3 is 1. The number of thioether (sulfide) groups is 1. The highest BCUT2D eigenvalue weighted by molar-refractivity contribution is 7.98. The number of nitrogens with one attached hydrogen (secondary N) is 2. The van der Waals surface area contributed by atoms with Crippen molar-refractivity contribution in [3.8, 4) is 22.8 Å². The molecule has 0 bridgehead atoms. The van der Waals surface area contributed by atoms with Crippen molar-refractivity contribution in [2.24, 2.45) is 0 Å². The van der Waals surface area contributed by atoms with Crippen molar-refractivity contribution < 1.29 is 27.4 Å². The largest absolute Gasteiger partial charge is 0.573 e. The molecule has 39 heavy (non-hydrogen) atoms. The number of hydrogen-bond acceptors (Lipinski definition) is 6. The smallest absolute Gasteiger partial charge is 0.497 e. The summed E-state index contributed by atoms with van der Waals surface area (Å²) in [4.78, 5) is 35.4. The van der Waals surface area contributed by atoms with Crippen LogP contribution in [0.5, 0.6) is 11.5 Å². The molecule has 0 radical (unpaired) electrons.